The van der Waals surface area contributed by atoms with Gasteiger partial charge in [0.05, 0.1) is 17.8 Å². The van der Waals surface area contributed by atoms with Crippen LogP contribution in [0.2, 0.25) is 5.02 Å². The maximum atomic E-state index is 13.4. The van der Waals surface area contributed by atoms with Crippen molar-refractivity contribution in [2.75, 3.05) is 13.1 Å². The molecule has 3 aromatic heterocycles. The van der Waals surface area contributed by atoms with Crippen molar-refractivity contribution in [1.29, 1.82) is 0 Å². The lowest BCUT2D eigenvalue weighted by Crippen LogP contribution is -2.29. The second kappa shape index (κ2) is 8.68. The predicted octanol–water partition coefficient (Wildman–Crippen LogP) is 6.19. The normalized spacial score (nSPS) is 15.6. The Bertz CT molecular complexity index is 1320. The summed E-state index contributed by atoms with van der Waals surface area (Å²) in [6.07, 6.45) is 8.04. The number of halogens is 4. The van der Waals surface area contributed by atoms with Crippen molar-refractivity contribution in [3.8, 4) is 11.1 Å². The Morgan fingerprint density at radius 3 is 2.61 bits per heavy atom. The quantitative estimate of drug-likeness (QED) is 0.373. The van der Waals surface area contributed by atoms with Crippen LogP contribution in [0.4, 0.5) is 13.2 Å². The number of nitrogens with one attached hydrogen (secondary N) is 2. The van der Waals surface area contributed by atoms with E-state index in [-0.39, 0.29) is 10.6 Å². The summed E-state index contributed by atoms with van der Waals surface area (Å²) >= 11 is 5.94. The van der Waals surface area contributed by atoms with Crippen LogP contribution in [0.25, 0.3) is 34.3 Å². The fourth-order valence-electron chi connectivity index (χ4n) is 4.19. The number of piperidine rings is 1. The first kappa shape index (κ1) is 21.7. The smallest absolute Gasteiger partial charge is 0.346 e. The zero-order valence-electron chi connectivity index (χ0n) is 17.5. The summed E-state index contributed by atoms with van der Waals surface area (Å²) < 4.78 is 42.1. The van der Waals surface area contributed by atoms with Crippen molar-refractivity contribution >= 4 is 34.8 Å². The molecule has 0 radical (unpaired) electrons. The van der Waals surface area contributed by atoms with Crippen LogP contribution in [0.5, 0.6) is 0 Å². The lowest BCUT2D eigenvalue weighted by molar-refractivity contribution is -0.137. The third-order valence-electron chi connectivity index (χ3n) is 5.94. The van der Waals surface area contributed by atoms with E-state index >= 15 is 0 Å². The zero-order valence-corrected chi connectivity index (χ0v) is 18.3. The maximum Gasteiger partial charge on any atom is 0.416 e. The van der Waals surface area contributed by atoms with Crippen LogP contribution in [-0.2, 0) is 6.18 Å². The van der Waals surface area contributed by atoms with Crippen molar-refractivity contribution in [3.05, 3.63) is 70.8 Å². The molecule has 0 saturated carbocycles. The highest BCUT2D eigenvalue weighted by molar-refractivity contribution is 6.30. The number of rotatable bonds is 4. The van der Waals surface area contributed by atoms with E-state index in [1.54, 1.807) is 18.5 Å². The molecule has 1 aliphatic rings. The summed E-state index contributed by atoms with van der Waals surface area (Å²) in [4.78, 5) is 7.57. The molecule has 5 nitrogen and oxygen atoms in total. The number of hydrogen-bond acceptors (Lipinski definition) is 3. The summed E-state index contributed by atoms with van der Waals surface area (Å²) in [7, 11) is 0. The fourth-order valence-corrected chi connectivity index (χ4v) is 4.37. The summed E-state index contributed by atoms with van der Waals surface area (Å²) in [5.41, 5.74) is 2.53. The summed E-state index contributed by atoms with van der Waals surface area (Å²) in [6.45, 7) is 1.96. The van der Waals surface area contributed by atoms with E-state index < -0.39 is 11.7 Å². The molecule has 2 N–H and O–H groups in total. The Morgan fingerprint density at radius 1 is 1.03 bits per heavy atom. The topological polar surface area (TPSA) is 58.5 Å². The first-order valence-corrected chi connectivity index (χ1v) is 11.0. The molecule has 170 valence electrons. The maximum absolute atomic E-state index is 13.4. The van der Waals surface area contributed by atoms with Gasteiger partial charge in [-0.2, -0.15) is 18.3 Å². The Balaban J connectivity index is 1.47. The number of aromatic nitrogens is 4. The van der Waals surface area contributed by atoms with Gasteiger partial charge in [0.25, 0.3) is 0 Å². The molecular formula is C24H21ClF3N5. The molecule has 1 fully saturated rings. The number of pyridine rings is 1. The summed E-state index contributed by atoms with van der Waals surface area (Å²) in [5, 5.41) is 8.96. The molecule has 1 aromatic carbocycles. The van der Waals surface area contributed by atoms with Gasteiger partial charge in [0.1, 0.15) is 5.65 Å². The van der Waals surface area contributed by atoms with Gasteiger partial charge in [0.15, 0.2) is 0 Å². The Morgan fingerprint density at radius 2 is 1.82 bits per heavy atom. The largest absolute Gasteiger partial charge is 0.416 e. The molecular weight excluding hydrogens is 451 g/mol. The van der Waals surface area contributed by atoms with Gasteiger partial charge in [0, 0.05) is 45.7 Å². The van der Waals surface area contributed by atoms with Crippen molar-refractivity contribution in [2.24, 2.45) is 0 Å². The molecule has 4 heterocycles. The van der Waals surface area contributed by atoms with Crippen LogP contribution in [0.1, 0.15) is 35.6 Å². The minimum absolute atomic E-state index is 0.0108. The molecule has 1 aliphatic heterocycles. The molecule has 0 bridgehead atoms. The number of benzene rings is 1. The monoisotopic (exact) mass is 471 g/mol. The second-order valence-corrected chi connectivity index (χ2v) is 8.55. The van der Waals surface area contributed by atoms with Crippen molar-refractivity contribution in [2.45, 2.75) is 25.1 Å². The first-order chi connectivity index (χ1) is 15.9. The highest BCUT2D eigenvalue weighted by Crippen LogP contribution is 2.35. The van der Waals surface area contributed by atoms with Gasteiger partial charge in [-0.1, -0.05) is 23.8 Å². The van der Waals surface area contributed by atoms with Gasteiger partial charge in [-0.3, -0.25) is 4.68 Å². The van der Waals surface area contributed by atoms with E-state index in [2.05, 4.69) is 20.4 Å². The molecule has 0 aliphatic carbocycles. The lowest BCUT2D eigenvalue weighted by atomic mass is 10.0. The molecule has 0 amide bonds. The number of H-pyrrole nitrogens is 1. The third kappa shape index (κ3) is 4.54. The van der Waals surface area contributed by atoms with Gasteiger partial charge in [0.2, 0.25) is 0 Å². The number of hydrogen-bond donors (Lipinski definition) is 2. The van der Waals surface area contributed by atoms with Crippen molar-refractivity contribution in [1.82, 2.24) is 25.1 Å². The number of nitrogens with zero attached hydrogens (tertiary/aromatic N) is 3. The SMILES string of the molecule is FC(F)(F)c1ccc(Cl)cc1/C=C/c1c[nH]c2ncc(-c3cnn(C4CCNCC4)c3)cc12. The third-order valence-corrected chi connectivity index (χ3v) is 6.18. The molecule has 0 atom stereocenters. The van der Waals surface area contributed by atoms with Crippen LogP contribution < -0.4 is 5.32 Å². The zero-order chi connectivity index (χ0) is 23.0. The average Bonchev–Trinajstić information content (AvgIpc) is 3.45. The number of alkyl halides is 3. The van der Waals surface area contributed by atoms with Crippen LogP contribution in [0, 0.1) is 0 Å². The fraction of sp³-hybridized carbons (Fsp3) is 0.250. The summed E-state index contributed by atoms with van der Waals surface area (Å²) in [5.74, 6) is 0. The first-order valence-electron chi connectivity index (χ1n) is 10.7. The average molecular weight is 472 g/mol. The van der Waals surface area contributed by atoms with Gasteiger partial charge >= 0.3 is 6.18 Å². The summed E-state index contributed by atoms with van der Waals surface area (Å²) in [6, 6.07) is 5.91. The number of aromatic amines is 1. The van der Waals surface area contributed by atoms with E-state index in [1.165, 1.54) is 18.2 Å². The van der Waals surface area contributed by atoms with E-state index in [4.69, 9.17) is 11.6 Å². The molecule has 5 rings (SSSR count). The Kier molecular flexibility index (Phi) is 5.72. The lowest BCUT2D eigenvalue weighted by Gasteiger charge is -2.22. The van der Waals surface area contributed by atoms with Crippen LogP contribution >= 0.6 is 11.6 Å². The molecule has 0 unspecified atom stereocenters. The number of fused-ring (bicyclic) bond motifs is 1. The molecule has 33 heavy (non-hydrogen) atoms. The minimum atomic E-state index is -4.46. The van der Waals surface area contributed by atoms with Gasteiger partial charge in [-0.05, 0) is 55.8 Å². The molecule has 9 heteroatoms. The van der Waals surface area contributed by atoms with E-state index in [0.29, 0.717) is 11.7 Å². The van der Waals surface area contributed by atoms with Gasteiger partial charge in [-0.15, -0.1) is 0 Å². The Labute approximate surface area is 193 Å². The standard InChI is InChI=1S/C24H21ClF3N5/c25-19-3-4-22(24(26,27)28)15(9-19)1-2-16-11-30-23-21(16)10-17(12-31-23)18-13-32-33(14-18)20-5-7-29-8-6-20/h1-4,9-14,20,29H,5-8H2,(H,30,31)/b2-1+. The molecule has 0 spiro atoms. The van der Waals surface area contributed by atoms with Crippen molar-refractivity contribution in [3.63, 3.8) is 0 Å². The van der Waals surface area contributed by atoms with Crippen LogP contribution in [-0.4, -0.2) is 32.8 Å². The van der Waals surface area contributed by atoms with E-state index in [0.717, 1.165) is 54.1 Å². The van der Waals surface area contributed by atoms with Crippen LogP contribution in [0.3, 0.4) is 0 Å². The molecule has 4 aromatic rings. The minimum Gasteiger partial charge on any atom is -0.346 e. The van der Waals surface area contributed by atoms with E-state index in [9.17, 15) is 13.2 Å². The highest BCUT2D eigenvalue weighted by atomic mass is 35.5. The second-order valence-electron chi connectivity index (χ2n) is 8.12. The van der Waals surface area contributed by atoms with Crippen LogP contribution in [0.15, 0.2) is 49.1 Å². The highest BCUT2D eigenvalue weighted by Gasteiger charge is 2.32. The Hall–Kier alpha value is -3.10. The van der Waals surface area contributed by atoms with Gasteiger partial charge in [-0.25, -0.2) is 4.98 Å². The van der Waals surface area contributed by atoms with E-state index in [1.807, 2.05) is 23.1 Å². The van der Waals surface area contributed by atoms with Crippen molar-refractivity contribution < 1.29 is 13.2 Å². The molecule has 1 saturated heterocycles. The predicted molar refractivity (Wildman–Crippen MR) is 124 cm³/mol. The van der Waals surface area contributed by atoms with Gasteiger partial charge < -0.3 is 10.3 Å².